The van der Waals surface area contributed by atoms with E-state index in [0.29, 0.717) is 0 Å². The Balaban J connectivity index is 0. The summed E-state index contributed by atoms with van der Waals surface area (Å²) in [6.07, 6.45) is 4.49. The van der Waals surface area contributed by atoms with Crippen LogP contribution in [0.2, 0.25) is 19.0 Å². The van der Waals surface area contributed by atoms with Crippen LogP contribution in [0.1, 0.15) is 41.5 Å². The first kappa shape index (κ1) is 17.5. The third kappa shape index (κ3) is 11.1. The zero-order valence-electron chi connectivity index (χ0n) is 11.6. The smallest absolute Gasteiger partial charge is 0.179 e. The third-order valence-electron chi connectivity index (χ3n) is 2.96. The van der Waals surface area contributed by atoms with Crippen molar-refractivity contribution in [3.63, 3.8) is 0 Å². The van der Waals surface area contributed by atoms with Gasteiger partial charge in [-0.2, -0.15) is 19.0 Å². The summed E-state index contributed by atoms with van der Waals surface area (Å²) in [6.45, 7) is 14.3. The zero-order chi connectivity index (χ0) is 10.4. The Hall–Kier alpha value is 1.06. The summed E-state index contributed by atoms with van der Waals surface area (Å²) in [6, 6.07) is 0. The van der Waals surface area contributed by atoms with Crippen LogP contribution in [-0.4, -0.2) is 6.71 Å². The number of hydrogen-bond donors (Lipinski definition) is 0. The van der Waals surface area contributed by atoms with Crippen molar-refractivity contribution in [1.29, 1.82) is 0 Å². The largest absolute Gasteiger partial charge is 1.00 e. The average molecular weight is 206 g/mol. The van der Waals surface area contributed by atoms with Crippen molar-refractivity contribution in [3.8, 4) is 0 Å². The van der Waals surface area contributed by atoms with E-state index < -0.39 is 0 Å². The van der Waals surface area contributed by atoms with Crippen LogP contribution in [0.4, 0.5) is 0 Å². The van der Waals surface area contributed by atoms with Gasteiger partial charge in [0.1, 0.15) is 0 Å². The van der Waals surface area contributed by atoms with Crippen LogP contribution >= 0.6 is 0 Å². The van der Waals surface area contributed by atoms with Gasteiger partial charge in [-0.25, -0.2) is 0 Å². The predicted molar refractivity (Wildman–Crippen MR) is 66.1 cm³/mol. The maximum Gasteiger partial charge on any atom is 1.00 e. The van der Waals surface area contributed by atoms with E-state index in [0.717, 1.165) is 17.8 Å². The van der Waals surface area contributed by atoms with Crippen LogP contribution in [0.3, 0.4) is 0 Å². The summed E-state index contributed by atoms with van der Waals surface area (Å²) in [5.41, 5.74) is 0. The van der Waals surface area contributed by atoms with Crippen LogP contribution in [0, 0.1) is 17.8 Å². The summed E-state index contributed by atoms with van der Waals surface area (Å²) in [5.74, 6) is 2.70. The molecular weight excluding hydrogens is 178 g/mol. The van der Waals surface area contributed by atoms with E-state index in [1.807, 2.05) is 0 Å². The first-order valence-electron chi connectivity index (χ1n) is 6.19. The molecule has 0 heterocycles. The molecule has 0 aromatic carbocycles. The Morgan fingerprint density at radius 1 is 0.643 bits per heavy atom. The normalized spacial score (nSPS) is 11.6. The van der Waals surface area contributed by atoms with Gasteiger partial charge in [0.15, 0.2) is 0 Å². The van der Waals surface area contributed by atoms with Crippen molar-refractivity contribution in [2.45, 2.75) is 60.5 Å². The molecule has 0 spiro atoms. The molecule has 14 heavy (non-hydrogen) atoms. The fourth-order valence-electron chi connectivity index (χ4n) is 2.80. The van der Waals surface area contributed by atoms with Gasteiger partial charge >= 0.3 is 29.6 Å². The molecule has 2 heteroatoms. The van der Waals surface area contributed by atoms with Crippen LogP contribution in [0.5, 0.6) is 0 Å². The standard InChI is InChI=1S/C12H28B.Na/c1-10(2)7-13(8-11(3)4)9-12(5)6;/h10-13H,7-9H2,1-6H3;/q-1;+1. The summed E-state index contributed by atoms with van der Waals surface area (Å²) >= 11 is 0. The molecule has 0 aliphatic rings. The first-order chi connectivity index (χ1) is 5.91. The molecule has 0 nitrogen and oxygen atoms in total. The van der Waals surface area contributed by atoms with Gasteiger partial charge in [0.05, 0.1) is 0 Å². The van der Waals surface area contributed by atoms with Gasteiger partial charge in [0.25, 0.3) is 0 Å². The molecule has 0 radical (unpaired) electrons. The minimum absolute atomic E-state index is 0. The van der Waals surface area contributed by atoms with Crippen molar-refractivity contribution < 1.29 is 29.6 Å². The average Bonchev–Trinajstić information content (AvgIpc) is 1.80. The molecule has 0 aromatic heterocycles. The molecule has 0 bridgehead atoms. The monoisotopic (exact) mass is 206 g/mol. The van der Waals surface area contributed by atoms with Crippen LogP contribution in [0.15, 0.2) is 0 Å². The van der Waals surface area contributed by atoms with Crippen molar-refractivity contribution in [2.24, 2.45) is 17.8 Å². The molecule has 0 aliphatic heterocycles. The summed E-state index contributed by atoms with van der Waals surface area (Å²) in [7, 11) is 0. The van der Waals surface area contributed by atoms with E-state index >= 15 is 0 Å². The first-order valence-corrected chi connectivity index (χ1v) is 6.19. The SMILES string of the molecule is CC(C)C[BH-](CC(C)C)CC(C)C.[Na+]. The van der Waals surface area contributed by atoms with E-state index in [1.54, 1.807) is 0 Å². The van der Waals surface area contributed by atoms with Gasteiger partial charge in [-0.05, 0) is 6.71 Å². The molecule has 0 saturated heterocycles. The Kier molecular flexibility index (Phi) is 11.6. The van der Waals surface area contributed by atoms with Crippen molar-refractivity contribution >= 4 is 6.71 Å². The van der Waals surface area contributed by atoms with E-state index in [4.69, 9.17) is 0 Å². The molecule has 0 aromatic rings. The topological polar surface area (TPSA) is 0 Å². The molecule has 0 saturated carbocycles. The van der Waals surface area contributed by atoms with E-state index in [2.05, 4.69) is 41.5 Å². The van der Waals surface area contributed by atoms with Crippen LogP contribution < -0.4 is 29.6 Å². The van der Waals surface area contributed by atoms with Gasteiger partial charge in [-0.3, -0.25) is 0 Å². The maximum atomic E-state index is 2.36. The van der Waals surface area contributed by atoms with Gasteiger partial charge in [0.2, 0.25) is 0 Å². The molecule has 0 N–H and O–H groups in total. The molecule has 0 rings (SSSR count). The van der Waals surface area contributed by atoms with Crippen molar-refractivity contribution in [1.82, 2.24) is 0 Å². The Labute approximate surface area is 114 Å². The molecule has 0 aliphatic carbocycles. The minimum atomic E-state index is 0. The fraction of sp³-hybridized carbons (Fsp3) is 1.00. The van der Waals surface area contributed by atoms with Gasteiger partial charge < -0.3 is 0 Å². The molecule has 0 amide bonds. The summed E-state index contributed by atoms with van der Waals surface area (Å²) in [5, 5.41) is 0. The third-order valence-corrected chi connectivity index (χ3v) is 2.96. The van der Waals surface area contributed by atoms with E-state index in [9.17, 15) is 0 Å². The second-order valence-electron chi connectivity index (χ2n) is 6.11. The van der Waals surface area contributed by atoms with E-state index in [1.165, 1.54) is 19.0 Å². The maximum absolute atomic E-state index is 2.36. The van der Waals surface area contributed by atoms with Gasteiger partial charge in [-0.15, -0.1) is 0 Å². The van der Waals surface area contributed by atoms with Crippen LogP contribution in [0.25, 0.3) is 0 Å². The summed E-state index contributed by atoms with van der Waals surface area (Å²) < 4.78 is 0. The van der Waals surface area contributed by atoms with Crippen molar-refractivity contribution in [3.05, 3.63) is 0 Å². The molecule has 0 fully saturated rings. The molecule has 0 atom stereocenters. The molecule has 0 unspecified atom stereocenters. The molecular formula is C12H28BNa. The Morgan fingerprint density at radius 3 is 1.00 bits per heavy atom. The quantitative estimate of drug-likeness (QED) is 0.572. The summed E-state index contributed by atoms with van der Waals surface area (Å²) in [4.78, 5) is 0. The second-order valence-corrected chi connectivity index (χ2v) is 6.11. The van der Waals surface area contributed by atoms with E-state index in [-0.39, 0.29) is 36.3 Å². The Morgan fingerprint density at radius 2 is 0.857 bits per heavy atom. The molecule has 80 valence electrons. The predicted octanol–water partition coefficient (Wildman–Crippen LogP) is 1.19. The minimum Gasteiger partial charge on any atom is -0.179 e. The fourth-order valence-corrected chi connectivity index (χ4v) is 2.80. The van der Waals surface area contributed by atoms with Gasteiger partial charge in [0, 0.05) is 0 Å². The second kappa shape index (κ2) is 9.30. The number of hydrogen-bond acceptors (Lipinski definition) is 0. The zero-order valence-corrected chi connectivity index (χ0v) is 13.6. The number of rotatable bonds is 6. The van der Waals surface area contributed by atoms with Gasteiger partial charge in [-0.1, -0.05) is 59.3 Å². The van der Waals surface area contributed by atoms with Crippen LogP contribution in [-0.2, 0) is 0 Å². The Bertz CT molecular complexity index is 97.7. The van der Waals surface area contributed by atoms with Crippen molar-refractivity contribution in [2.75, 3.05) is 0 Å².